The van der Waals surface area contributed by atoms with Crippen molar-refractivity contribution < 1.29 is 14.3 Å². The Morgan fingerprint density at radius 2 is 2.30 bits per heavy atom. The number of nitrogens with one attached hydrogen (secondary N) is 2. The second-order valence-corrected chi connectivity index (χ2v) is 5.17. The topological polar surface area (TPSA) is 67.4 Å². The van der Waals surface area contributed by atoms with Gasteiger partial charge in [0.15, 0.2) is 0 Å². The summed E-state index contributed by atoms with van der Waals surface area (Å²) in [6, 6.07) is 6.76. The van der Waals surface area contributed by atoms with Crippen LogP contribution >= 0.6 is 11.6 Å². The Morgan fingerprint density at radius 1 is 1.55 bits per heavy atom. The van der Waals surface area contributed by atoms with Crippen molar-refractivity contribution in [2.24, 2.45) is 0 Å². The van der Waals surface area contributed by atoms with Crippen LogP contribution < -0.4 is 15.4 Å². The lowest BCUT2D eigenvalue weighted by Crippen LogP contribution is -2.44. The van der Waals surface area contributed by atoms with Gasteiger partial charge in [0.1, 0.15) is 17.9 Å². The van der Waals surface area contributed by atoms with Crippen molar-refractivity contribution >= 4 is 23.4 Å². The van der Waals surface area contributed by atoms with E-state index in [1.807, 2.05) is 19.1 Å². The molecule has 20 heavy (non-hydrogen) atoms. The summed E-state index contributed by atoms with van der Waals surface area (Å²) in [5.41, 5.74) is 0. The molecule has 0 bridgehead atoms. The zero-order valence-electron chi connectivity index (χ0n) is 11.2. The third-order valence-electron chi connectivity index (χ3n) is 3.04. The summed E-state index contributed by atoms with van der Waals surface area (Å²) < 4.78 is 5.65. The van der Waals surface area contributed by atoms with Crippen LogP contribution in [0.5, 0.6) is 5.75 Å². The molecule has 0 radical (unpaired) electrons. The Kier molecular flexibility index (Phi) is 4.84. The standard InChI is InChI=1S/C14H17ClN2O3/c1-9(20-12-5-3-2-4-10(12)15)8-16-14(19)11-6-7-13(18)17-11/h2-5,9,11H,6-8H2,1H3,(H,16,19)(H,17,18)/t9-,11+/m1/s1. The molecule has 6 heteroatoms. The summed E-state index contributed by atoms with van der Waals surface area (Å²) in [6.45, 7) is 2.20. The van der Waals surface area contributed by atoms with Gasteiger partial charge in [-0.05, 0) is 25.5 Å². The third-order valence-corrected chi connectivity index (χ3v) is 3.35. The van der Waals surface area contributed by atoms with Gasteiger partial charge in [0.05, 0.1) is 11.6 Å². The van der Waals surface area contributed by atoms with Crippen LogP contribution in [0, 0.1) is 0 Å². The Hall–Kier alpha value is -1.75. The molecule has 2 atom stereocenters. The van der Waals surface area contributed by atoms with Gasteiger partial charge in [0.2, 0.25) is 11.8 Å². The molecule has 2 amide bonds. The van der Waals surface area contributed by atoms with E-state index in [4.69, 9.17) is 16.3 Å². The van der Waals surface area contributed by atoms with Crippen LogP contribution in [-0.2, 0) is 9.59 Å². The van der Waals surface area contributed by atoms with Crippen LogP contribution in [0.2, 0.25) is 5.02 Å². The van der Waals surface area contributed by atoms with Gasteiger partial charge in [-0.3, -0.25) is 9.59 Å². The Bertz CT molecular complexity index is 507. The molecule has 5 nitrogen and oxygen atoms in total. The van der Waals surface area contributed by atoms with E-state index in [0.29, 0.717) is 30.2 Å². The van der Waals surface area contributed by atoms with E-state index < -0.39 is 6.04 Å². The number of para-hydroxylation sites is 1. The molecule has 2 N–H and O–H groups in total. The summed E-state index contributed by atoms with van der Waals surface area (Å²) in [6.07, 6.45) is 0.740. The van der Waals surface area contributed by atoms with Gasteiger partial charge in [0.25, 0.3) is 0 Å². The number of halogens is 1. The molecule has 1 aliphatic heterocycles. The maximum Gasteiger partial charge on any atom is 0.242 e. The maximum absolute atomic E-state index is 11.8. The summed E-state index contributed by atoms with van der Waals surface area (Å²) in [7, 11) is 0. The number of benzene rings is 1. The van der Waals surface area contributed by atoms with Crippen LogP contribution in [0.1, 0.15) is 19.8 Å². The quantitative estimate of drug-likeness (QED) is 0.865. The average molecular weight is 297 g/mol. The number of carbonyl (C=O) groups excluding carboxylic acids is 2. The van der Waals surface area contributed by atoms with Gasteiger partial charge in [-0.15, -0.1) is 0 Å². The number of ether oxygens (including phenoxy) is 1. The average Bonchev–Trinajstić information content (AvgIpc) is 2.85. The Morgan fingerprint density at radius 3 is 2.95 bits per heavy atom. The number of hydrogen-bond donors (Lipinski definition) is 2. The van der Waals surface area contributed by atoms with E-state index in [2.05, 4.69) is 10.6 Å². The Balaban J connectivity index is 1.78. The fourth-order valence-electron chi connectivity index (χ4n) is 1.98. The molecule has 1 heterocycles. The predicted octanol–water partition coefficient (Wildman–Crippen LogP) is 1.50. The smallest absolute Gasteiger partial charge is 0.242 e. The largest absolute Gasteiger partial charge is 0.487 e. The lowest BCUT2D eigenvalue weighted by molar-refractivity contribution is -0.126. The zero-order chi connectivity index (χ0) is 14.5. The van der Waals surface area contributed by atoms with Crippen molar-refractivity contribution in [1.29, 1.82) is 0 Å². The minimum Gasteiger partial charge on any atom is -0.487 e. The van der Waals surface area contributed by atoms with Crippen LogP contribution in [-0.4, -0.2) is 30.5 Å². The van der Waals surface area contributed by atoms with Gasteiger partial charge in [-0.25, -0.2) is 0 Å². The second kappa shape index (κ2) is 6.61. The molecule has 1 fully saturated rings. The number of hydrogen-bond acceptors (Lipinski definition) is 3. The van der Waals surface area contributed by atoms with Crippen LogP contribution in [0.3, 0.4) is 0 Å². The number of carbonyl (C=O) groups is 2. The fourth-order valence-corrected chi connectivity index (χ4v) is 2.16. The molecule has 108 valence electrons. The van der Waals surface area contributed by atoms with E-state index >= 15 is 0 Å². The molecule has 1 saturated heterocycles. The summed E-state index contributed by atoms with van der Waals surface area (Å²) in [5, 5.41) is 5.92. The highest BCUT2D eigenvalue weighted by atomic mass is 35.5. The van der Waals surface area contributed by atoms with Crippen LogP contribution in [0.15, 0.2) is 24.3 Å². The molecule has 0 saturated carbocycles. The van der Waals surface area contributed by atoms with Crippen molar-refractivity contribution in [2.45, 2.75) is 31.9 Å². The first-order chi connectivity index (χ1) is 9.56. The lowest BCUT2D eigenvalue weighted by atomic mass is 10.2. The molecule has 2 rings (SSSR count). The molecule has 1 aromatic carbocycles. The number of rotatable bonds is 5. The van der Waals surface area contributed by atoms with Crippen molar-refractivity contribution in [1.82, 2.24) is 10.6 Å². The third kappa shape index (κ3) is 3.87. The predicted molar refractivity (Wildman–Crippen MR) is 75.7 cm³/mol. The van der Waals surface area contributed by atoms with E-state index in [0.717, 1.165) is 0 Å². The first kappa shape index (κ1) is 14.7. The van der Waals surface area contributed by atoms with Crippen molar-refractivity contribution in [3.8, 4) is 5.75 Å². The highest BCUT2D eigenvalue weighted by Gasteiger charge is 2.27. The zero-order valence-corrected chi connectivity index (χ0v) is 11.9. The highest BCUT2D eigenvalue weighted by Crippen LogP contribution is 2.24. The van der Waals surface area contributed by atoms with Gasteiger partial charge < -0.3 is 15.4 Å². The van der Waals surface area contributed by atoms with E-state index in [1.165, 1.54) is 0 Å². The monoisotopic (exact) mass is 296 g/mol. The lowest BCUT2D eigenvalue weighted by Gasteiger charge is -2.17. The molecule has 0 unspecified atom stereocenters. The maximum atomic E-state index is 11.8. The van der Waals surface area contributed by atoms with Gasteiger partial charge >= 0.3 is 0 Å². The summed E-state index contributed by atoms with van der Waals surface area (Å²) in [4.78, 5) is 22.9. The van der Waals surface area contributed by atoms with E-state index in [1.54, 1.807) is 12.1 Å². The van der Waals surface area contributed by atoms with Crippen molar-refractivity contribution in [3.05, 3.63) is 29.3 Å². The highest BCUT2D eigenvalue weighted by molar-refractivity contribution is 6.32. The molecule has 0 spiro atoms. The minimum absolute atomic E-state index is 0.0782. The van der Waals surface area contributed by atoms with Crippen molar-refractivity contribution in [2.75, 3.05) is 6.54 Å². The molecule has 1 aliphatic rings. The summed E-state index contributed by atoms with van der Waals surface area (Å²) in [5.74, 6) is 0.334. The van der Waals surface area contributed by atoms with Gasteiger partial charge in [0, 0.05) is 6.42 Å². The molecule has 1 aromatic rings. The van der Waals surface area contributed by atoms with Crippen LogP contribution in [0.4, 0.5) is 0 Å². The van der Waals surface area contributed by atoms with E-state index in [9.17, 15) is 9.59 Å². The Labute approximate surface area is 122 Å². The molecule has 0 aromatic heterocycles. The fraction of sp³-hybridized carbons (Fsp3) is 0.429. The first-order valence-corrected chi connectivity index (χ1v) is 6.92. The van der Waals surface area contributed by atoms with E-state index in [-0.39, 0.29) is 17.9 Å². The van der Waals surface area contributed by atoms with Gasteiger partial charge in [-0.1, -0.05) is 23.7 Å². The second-order valence-electron chi connectivity index (χ2n) is 4.76. The molecule has 0 aliphatic carbocycles. The van der Waals surface area contributed by atoms with Gasteiger partial charge in [-0.2, -0.15) is 0 Å². The van der Waals surface area contributed by atoms with Crippen molar-refractivity contribution in [3.63, 3.8) is 0 Å². The SMILES string of the molecule is C[C@H](CNC(=O)[C@@H]1CCC(=O)N1)Oc1ccccc1Cl. The first-order valence-electron chi connectivity index (χ1n) is 6.54. The van der Waals surface area contributed by atoms with Crippen LogP contribution in [0.25, 0.3) is 0 Å². The normalized spacial score (nSPS) is 19.3. The summed E-state index contributed by atoms with van der Waals surface area (Å²) >= 11 is 5.99. The number of amides is 2. The molecular formula is C14H17ClN2O3. The molecular weight excluding hydrogens is 280 g/mol. The minimum atomic E-state index is -0.421.